The van der Waals surface area contributed by atoms with E-state index < -0.39 is 5.69 Å². The molecule has 104 valence electrons. The number of ether oxygens (including phenoxy) is 1. The molecule has 1 aromatic carbocycles. The Bertz CT molecular complexity index is 456. The molecule has 1 aromatic rings. The number of rotatable bonds is 6. The average Bonchev–Trinajstić information content (AvgIpc) is 2.86. The predicted octanol–water partition coefficient (Wildman–Crippen LogP) is 3.24. The maximum atomic E-state index is 11.6. The van der Waals surface area contributed by atoms with Crippen molar-refractivity contribution in [1.82, 2.24) is 0 Å². The Morgan fingerprint density at radius 2 is 2.16 bits per heavy atom. The van der Waals surface area contributed by atoms with E-state index in [0.717, 1.165) is 5.75 Å². The van der Waals surface area contributed by atoms with E-state index in [0.29, 0.717) is 31.8 Å². The standard InChI is InChI=1S/C12H15O4PS2/c13-12(11-5-2-1-3-6-11)14-7-4-8-15-17(18)16-9-10-19-17/h1-3,5-6H,4,7-10H2. The molecule has 19 heavy (non-hydrogen) atoms. The first-order valence-corrected chi connectivity index (χ1v) is 10.2. The third-order valence-corrected chi connectivity index (χ3v) is 7.74. The zero-order chi connectivity index (χ0) is 13.6. The van der Waals surface area contributed by atoms with Crippen molar-refractivity contribution in [1.29, 1.82) is 0 Å². The summed E-state index contributed by atoms with van der Waals surface area (Å²) in [5, 5.41) is 0. The first-order valence-electron chi connectivity index (χ1n) is 5.95. The van der Waals surface area contributed by atoms with E-state index >= 15 is 0 Å². The van der Waals surface area contributed by atoms with Crippen LogP contribution in [-0.4, -0.2) is 31.5 Å². The predicted molar refractivity (Wildman–Crippen MR) is 80.0 cm³/mol. The molecule has 0 aromatic heterocycles. The molecule has 0 bridgehead atoms. The summed E-state index contributed by atoms with van der Waals surface area (Å²) >= 11 is 6.85. The molecule has 1 atom stereocenters. The summed E-state index contributed by atoms with van der Waals surface area (Å²) < 4.78 is 16.1. The molecule has 1 aliphatic heterocycles. The fraction of sp³-hybridized carbons (Fsp3) is 0.417. The van der Waals surface area contributed by atoms with Crippen LogP contribution in [0.25, 0.3) is 0 Å². The quantitative estimate of drug-likeness (QED) is 0.456. The van der Waals surface area contributed by atoms with Crippen LogP contribution in [0.15, 0.2) is 30.3 Å². The molecule has 4 nitrogen and oxygen atoms in total. The van der Waals surface area contributed by atoms with Crippen molar-refractivity contribution in [2.24, 2.45) is 0 Å². The fourth-order valence-electron chi connectivity index (χ4n) is 1.47. The van der Waals surface area contributed by atoms with Crippen molar-refractivity contribution < 1.29 is 18.6 Å². The Balaban J connectivity index is 1.62. The van der Waals surface area contributed by atoms with Crippen LogP contribution in [0.5, 0.6) is 0 Å². The van der Waals surface area contributed by atoms with Gasteiger partial charge in [-0.25, -0.2) is 4.79 Å². The molecule has 1 aliphatic rings. The van der Waals surface area contributed by atoms with Gasteiger partial charge in [0.2, 0.25) is 5.69 Å². The minimum Gasteiger partial charge on any atom is -0.462 e. The van der Waals surface area contributed by atoms with Gasteiger partial charge in [0.1, 0.15) is 0 Å². The Morgan fingerprint density at radius 3 is 2.84 bits per heavy atom. The summed E-state index contributed by atoms with van der Waals surface area (Å²) in [7, 11) is 0. The van der Waals surface area contributed by atoms with Gasteiger partial charge in [-0.05, 0) is 23.9 Å². The van der Waals surface area contributed by atoms with Gasteiger partial charge in [0, 0.05) is 12.2 Å². The highest BCUT2D eigenvalue weighted by Crippen LogP contribution is 2.64. The molecule has 0 radical (unpaired) electrons. The van der Waals surface area contributed by atoms with Crippen molar-refractivity contribution >= 4 is 34.9 Å². The zero-order valence-electron chi connectivity index (χ0n) is 10.3. The Morgan fingerprint density at radius 1 is 1.37 bits per heavy atom. The van der Waals surface area contributed by atoms with E-state index in [1.807, 2.05) is 6.07 Å². The molecule has 0 aliphatic carbocycles. The van der Waals surface area contributed by atoms with Crippen LogP contribution >= 0.6 is 17.1 Å². The summed E-state index contributed by atoms with van der Waals surface area (Å²) in [6.45, 7) is 1.46. The minimum atomic E-state index is -2.08. The normalized spacial score (nSPS) is 22.3. The molecular formula is C12H15O4PS2. The molecule has 1 saturated heterocycles. The van der Waals surface area contributed by atoms with Crippen LogP contribution in [0.4, 0.5) is 0 Å². The van der Waals surface area contributed by atoms with Gasteiger partial charge in [-0.2, -0.15) is 0 Å². The van der Waals surface area contributed by atoms with Crippen LogP contribution in [0.2, 0.25) is 0 Å². The SMILES string of the molecule is O=C(OCCCOP1(=S)OCCS1)c1ccccc1. The van der Waals surface area contributed by atoms with Gasteiger partial charge in [0.25, 0.3) is 0 Å². The lowest BCUT2D eigenvalue weighted by Crippen LogP contribution is -2.07. The number of carbonyl (C=O) groups is 1. The molecule has 0 amide bonds. The van der Waals surface area contributed by atoms with E-state index in [2.05, 4.69) is 0 Å². The second-order valence-electron chi connectivity index (χ2n) is 3.80. The van der Waals surface area contributed by atoms with Gasteiger partial charge in [-0.1, -0.05) is 29.6 Å². The molecule has 0 saturated carbocycles. The molecule has 7 heteroatoms. The third-order valence-electron chi connectivity index (χ3n) is 2.36. The van der Waals surface area contributed by atoms with E-state index in [1.54, 1.807) is 35.6 Å². The summed E-state index contributed by atoms with van der Waals surface area (Å²) in [4.78, 5) is 11.6. The Hall–Kier alpha value is -0.390. The van der Waals surface area contributed by atoms with Gasteiger partial charge in [0.15, 0.2) is 0 Å². The number of esters is 1. The maximum absolute atomic E-state index is 11.6. The van der Waals surface area contributed by atoms with E-state index in [4.69, 9.17) is 25.6 Å². The van der Waals surface area contributed by atoms with Gasteiger partial charge >= 0.3 is 5.97 Å². The summed E-state index contributed by atoms with van der Waals surface area (Å²) in [5.41, 5.74) is -1.52. The molecule has 0 spiro atoms. The smallest absolute Gasteiger partial charge is 0.338 e. The maximum Gasteiger partial charge on any atom is 0.338 e. The van der Waals surface area contributed by atoms with Crippen molar-refractivity contribution in [3.8, 4) is 0 Å². The zero-order valence-corrected chi connectivity index (χ0v) is 12.8. The second-order valence-corrected chi connectivity index (χ2v) is 10.2. The highest BCUT2D eigenvalue weighted by molar-refractivity contribution is 8.68. The van der Waals surface area contributed by atoms with Crippen molar-refractivity contribution in [3.63, 3.8) is 0 Å². The average molecular weight is 318 g/mol. The number of hydrogen-bond donors (Lipinski definition) is 0. The number of benzene rings is 1. The molecule has 1 heterocycles. The molecular weight excluding hydrogens is 303 g/mol. The van der Waals surface area contributed by atoms with Crippen molar-refractivity contribution in [2.75, 3.05) is 25.6 Å². The summed E-state index contributed by atoms with van der Waals surface area (Å²) in [5.74, 6) is 0.593. The van der Waals surface area contributed by atoms with Crippen LogP contribution in [0, 0.1) is 0 Å². The van der Waals surface area contributed by atoms with Crippen LogP contribution in [0.3, 0.4) is 0 Å². The molecule has 1 fully saturated rings. The van der Waals surface area contributed by atoms with Crippen molar-refractivity contribution in [2.45, 2.75) is 6.42 Å². The highest BCUT2D eigenvalue weighted by atomic mass is 32.9. The topological polar surface area (TPSA) is 44.8 Å². The number of hydrogen-bond acceptors (Lipinski definition) is 6. The number of carbonyl (C=O) groups excluding carboxylic acids is 1. The molecule has 2 rings (SSSR count). The van der Waals surface area contributed by atoms with Crippen molar-refractivity contribution in [3.05, 3.63) is 35.9 Å². The fourth-order valence-corrected chi connectivity index (χ4v) is 5.77. The Labute approximate surface area is 121 Å². The first-order chi connectivity index (χ1) is 9.20. The van der Waals surface area contributed by atoms with Crippen LogP contribution < -0.4 is 0 Å². The van der Waals surface area contributed by atoms with E-state index in [9.17, 15) is 4.79 Å². The van der Waals surface area contributed by atoms with Crippen LogP contribution in [0.1, 0.15) is 16.8 Å². The largest absolute Gasteiger partial charge is 0.462 e. The summed E-state index contributed by atoms with van der Waals surface area (Å²) in [6.07, 6.45) is 0.626. The lowest BCUT2D eigenvalue weighted by atomic mass is 10.2. The third kappa shape index (κ3) is 4.89. The lowest BCUT2D eigenvalue weighted by molar-refractivity contribution is 0.0486. The van der Waals surface area contributed by atoms with E-state index in [1.165, 1.54) is 0 Å². The first kappa shape index (κ1) is 15.0. The monoisotopic (exact) mass is 318 g/mol. The Kier molecular flexibility index (Phi) is 5.85. The summed E-state index contributed by atoms with van der Waals surface area (Å²) in [6, 6.07) is 8.92. The second kappa shape index (κ2) is 7.41. The molecule has 1 unspecified atom stereocenters. The van der Waals surface area contributed by atoms with Gasteiger partial charge < -0.3 is 13.8 Å². The highest BCUT2D eigenvalue weighted by Gasteiger charge is 2.25. The van der Waals surface area contributed by atoms with E-state index in [-0.39, 0.29) is 5.97 Å². The van der Waals surface area contributed by atoms with Gasteiger partial charge in [0.05, 0.1) is 25.4 Å². The lowest BCUT2D eigenvalue weighted by Gasteiger charge is -2.13. The van der Waals surface area contributed by atoms with Gasteiger partial charge in [-0.3, -0.25) is 0 Å². The minimum absolute atomic E-state index is 0.310. The van der Waals surface area contributed by atoms with Gasteiger partial charge in [-0.15, -0.1) is 0 Å². The van der Waals surface area contributed by atoms with Crippen LogP contribution in [-0.2, 0) is 25.6 Å². The molecule has 0 N–H and O–H groups in total.